The van der Waals surface area contributed by atoms with Crippen molar-refractivity contribution in [2.75, 3.05) is 13.1 Å². The molecule has 110 valence electrons. The number of aliphatic carboxylic acids is 1. The molecule has 1 aliphatic rings. The molecule has 1 N–H and O–H groups in total. The van der Waals surface area contributed by atoms with E-state index in [2.05, 4.69) is 0 Å². The Kier molecular flexibility index (Phi) is 4.48. The summed E-state index contributed by atoms with van der Waals surface area (Å²) in [7, 11) is 0. The fourth-order valence-corrected chi connectivity index (χ4v) is 2.45. The van der Waals surface area contributed by atoms with Crippen LogP contribution in [0.1, 0.15) is 47.5 Å². The van der Waals surface area contributed by atoms with Gasteiger partial charge in [0.2, 0.25) is 0 Å². The first-order valence-electron chi connectivity index (χ1n) is 6.80. The Labute approximate surface area is 114 Å². The number of hydrogen-bond donors (Lipinski definition) is 1. The van der Waals surface area contributed by atoms with Gasteiger partial charge in [0.05, 0.1) is 5.41 Å². The Morgan fingerprint density at radius 2 is 1.68 bits per heavy atom. The van der Waals surface area contributed by atoms with Crippen LogP contribution in [0.2, 0.25) is 0 Å². The molecule has 1 heterocycles. The quantitative estimate of drug-likeness (QED) is 0.838. The van der Waals surface area contributed by atoms with Gasteiger partial charge in [-0.15, -0.1) is 0 Å². The predicted molar refractivity (Wildman–Crippen MR) is 71.9 cm³/mol. The average molecular weight is 271 g/mol. The lowest BCUT2D eigenvalue weighted by atomic mass is 9.70. The molecule has 0 spiro atoms. The number of ether oxygens (including phenoxy) is 1. The highest BCUT2D eigenvalue weighted by Gasteiger charge is 2.45. The number of carbonyl (C=O) groups is 2. The van der Waals surface area contributed by atoms with Crippen LogP contribution in [0.25, 0.3) is 0 Å². The van der Waals surface area contributed by atoms with Crippen molar-refractivity contribution in [3.05, 3.63) is 0 Å². The first-order valence-corrected chi connectivity index (χ1v) is 6.80. The van der Waals surface area contributed by atoms with Gasteiger partial charge in [0, 0.05) is 13.1 Å². The molecule has 1 amide bonds. The minimum atomic E-state index is -0.758. The highest BCUT2D eigenvalue weighted by Crippen LogP contribution is 2.39. The third-order valence-corrected chi connectivity index (χ3v) is 3.84. The van der Waals surface area contributed by atoms with Crippen molar-refractivity contribution < 1.29 is 19.4 Å². The number of hydrogen-bond acceptors (Lipinski definition) is 3. The van der Waals surface area contributed by atoms with Crippen LogP contribution < -0.4 is 0 Å². The van der Waals surface area contributed by atoms with Crippen LogP contribution in [-0.2, 0) is 9.53 Å². The minimum absolute atomic E-state index is 0.0609. The molecule has 5 nitrogen and oxygen atoms in total. The van der Waals surface area contributed by atoms with E-state index in [1.807, 2.05) is 34.6 Å². The van der Waals surface area contributed by atoms with Crippen molar-refractivity contribution in [1.29, 1.82) is 0 Å². The van der Waals surface area contributed by atoms with E-state index in [1.54, 1.807) is 4.90 Å². The molecule has 0 radical (unpaired) electrons. The van der Waals surface area contributed by atoms with Crippen molar-refractivity contribution in [3.8, 4) is 0 Å². The van der Waals surface area contributed by atoms with Gasteiger partial charge in [0.1, 0.15) is 5.60 Å². The van der Waals surface area contributed by atoms with Gasteiger partial charge in [0.15, 0.2) is 0 Å². The summed E-state index contributed by atoms with van der Waals surface area (Å²) in [6.07, 6.45) is 0.619. The number of rotatable bonds is 2. The van der Waals surface area contributed by atoms with Gasteiger partial charge >= 0.3 is 12.1 Å². The number of piperidine rings is 1. The standard InChI is InChI=1S/C14H25NO4/c1-10(2)14(11(16)17)6-8-15(9-7-14)12(18)19-13(3,4)5/h10H,6-9H2,1-5H3,(H,16,17). The molecule has 1 aliphatic heterocycles. The number of carbonyl (C=O) groups excluding carboxylic acids is 1. The zero-order valence-electron chi connectivity index (χ0n) is 12.5. The molecule has 0 aromatic carbocycles. The Balaban J connectivity index is 2.66. The van der Waals surface area contributed by atoms with Crippen LogP contribution in [0, 0.1) is 11.3 Å². The summed E-state index contributed by atoms with van der Waals surface area (Å²) in [6, 6.07) is 0. The first-order chi connectivity index (χ1) is 8.58. The first kappa shape index (κ1) is 15.8. The van der Waals surface area contributed by atoms with Crippen LogP contribution in [-0.4, -0.2) is 40.8 Å². The molecular formula is C14H25NO4. The molecule has 0 aromatic rings. The third kappa shape index (κ3) is 3.61. The van der Waals surface area contributed by atoms with Gasteiger partial charge in [-0.1, -0.05) is 13.8 Å². The van der Waals surface area contributed by atoms with Crippen LogP contribution in [0.15, 0.2) is 0 Å². The topological polar surface area (TPSA) is 66.8 Å². The molecule has 0 saturated carbocycles. The fourth-order valence-electron chi connectivity index (χ4n) is 2.45. The Morgan fingerprint density at radius 3 is 2.00 bits per heavy atom. The van der Waals surface area contributed by atoms with E-state index in [9.17, 15) is 14.7 Å². The van der Waals surface area contributed by atoms with Gasteiger partial charge in [-0.05, 0) is 39.5 Å². The SMILES string of the molecule is CC(C)C1(C(=O)O)CCN(C(=O)OC(C)(C)C)CC1. The second-order valence-corrected chi connectivity index (χ2v) is 6.58. The average Bonchev–Trinajstić information content (AvgIpc) is 2.26. The van der Waals surface area contributed by atoms with E-state index < -0.39 is 17.0 Å². The van der Waals surface area contributed by atoms with Crippen LogP contribution in [0.5, 0.6) is 0 Å². The molecule has 1 saturated heterocycles. The van der Waals surface area contributed by atoms with Crippen LogP contribution in [0.3, 0.4) is 0 Å². The van der Waals surface area contributed by atoms with Crippen molar-refractivity contribution in [3.63, 3.8) is 0 Å². The van der Waals surface area contributed by atoms with Gasteiger partial charge in [-0.25, -0.2) is 4.79 Å². The highest BCUT2D eigenvalue weighted by molar-refractivity contribution is 5.76. The normalized spacial score (nSPS) is 19.4. The lowest BCUT2D eigenvalue weighted by Gasteiger charge is -2.41. The van der Waals surface area contributed by atoms with Gasteiger partial charge in [-0.3, -0.25) is 4.79 Å². The van der Waals surface area contributed by atoms with E-state index in [1.165, 1.54) is 0 Å². The largest absolute Gasteiger partial charge is 0.481 e. The monoisotopic (exact) mass is 271 g/mol. The number of nitrogens with zero attached hydrogens (tertiary/aromatic N) is 1. The number of carboxylic acid groups (broad SMARTS) is 1. The maximum Gasteiger partial charge on any atom is 0.410 e. The summed E-state index contributed by atoms with van der Waals surface area (Å²) in [6.45, 7) is 10.2. The highest BCUT2D eigenvalue weighted by atomic mass is 16.6. The number of amides is 1. The minimum Gasteiger partial charge on any atom is -0.481 e. The zero-order chi connectivity index (χ0) is 14.8. The maximum absolute atomic E-state index is 11.9. The molecule has 0 aliphatic carbocycles. The maximum atomic E-state index is 11.9. The van der Waals surface area contributed by atoms with E-state index in [-0.39, 0.29) is 12.0 Å². The third-order valence-electron chi connectivity index (χ3n) is 3.84. The van der Waals surface area contributed by atoms with Gasteiger partial charge in [-0.2, -0.15) is 0 Å². The molecule has 5 heteroatoms. The van der Waals surface area contributed by atoms with E-state index in [0.29, 0.717) is 25.9 Å². The smallest absolute Gasteiger partial charge is 0.410 e. The molecule has 1 fully saturated rings. The van der Waals surface area contributed by atoms with E-state index in [4.69, 9.17) is 4.74 Å². The predicted octanol–water partition coefficient (Wildman–Crippen LogP) is 2.74. The molecule has 19 heavy (non-hydrogen) atoms. The molecule has 0 bridgehead atoms. The Bertz CT molecular complexity index is 349. The Hall–Kier alpha value is -1.26. The second-order valence-electron chi connectivity index (χ2n) is 6.58. The summed E-state index contributed by atoms with van der Waals surface area (Å²) >= 11 is 0. The summed E-state index contributed by atoms with van der Waals surface area (Å²) < 4.78 is 5.31. The van der Waals surface area contributed by atoms with E-state index >= 15 is 0 Å². The Morgan fingerprint density at radius 1 is 1.21 bits per heavy atom. The van der Waals surface area contributed by atoms with Crippen LogP contribution in [0.4, 0.5) is 4.79 Å². The summed E-state index contributed by atoms with van der Waals surface area (Å²) in [5.41, 5.74) is -1.23. The zero-order valence-corrected chi connectivity index (χ0v) is 12.5. The van der Waals surface area contributed by atoms with Gasteiger partial charge in [0.25, 0.3) is 0 Å². The molecule has 1 rings (SSSR count). The molecular weight excluding hydrogens is 246 g/mol. The summed E-state index contributed by atoms with van der Waals surface area (Å²) in [5.74, 6) is -0.697. The lowest BCUT2D eigenvalue weighted by molar-refractivity contribution is -0.155. The van der Waals surface area contributed by atoms with Crippen molar-refractivity contribution in [2.45, 2.75) is 53.1 Å². The van der Waals surface area contributed by atoms with Crippen LogP contribution >= 0.6 is 0 Å². The van der Waals surface area contributed by atoms with Crippen molar-refractivity contribution >= 4 is 12.1 Å². The summed E-state index contributed by atoms with van der Waals surface area (Å²) in [4.78, 5) is 25.0. The summed E-state index contributed by atoms with van der Waals surface area (Å²) in [5, 5.41) is 9.44. The second kappa shape index (κ2) is 5.39. The van der Waals surface area contributed by atoms with Crippen molar-refractivity contribution in [1.82, 2.24) is 4.90 Å². The van der Waals surface area contributed by atoms with Gasteiger partial charge < -0.3 is 14.7 Å². The van der Waals surface area contributed by atoms with E-state index in [0.717, 1.165) is 0 Å². The number of carboxylic acids is 1. The molecule has 0 unspecified atom stereocenters. The number of likely N-dealkylation sites (tertiary alicyclic amines) is 1. The lowest BCUT2D eigenvalue weighted by Crippen LogP contribution is -2.49. The van der Waals surface area contributed by atoms with Crippen molar-refractivity contribution in [2.24, 2.45) is 11.3 Å². The fraction of sp³-hybridized carbons (Fsp3) is 0.857. The molecule has 0 atom stereocenters. The molecule has 0 aromatic heterocycles.